The molecule has 3 nitrogen and oxygen atoms in total. The van der Waals surface area contributed by atoms with Crippen LogP contribution in [-0.2, 0) is 11.2 Å². The maximum Gasteiger partial charge on any atom is 0.220 e. The van der Waals surface area contributed by atoms with Gasteiger partial charge in [0.2, 0.25) is 5.91 Å². The molecule has 2 rings (SSSR count). The number of aryl methyl sites for hydroxylation is 2. The van der Waals surface area contributed by atoms with Crippen LogP contribution < -0.4 is 5.32 Å². The lowest BCUT2D eigenvalue weighted by molar-refractivity contribution is -0.122. The van der Waals surface area contributed by atoms with Crippen molar-refractivity contribution in [2.24, 2.45) is 0 Å². The highest BCUT2D eigenvalue weighted by molar-refractivity contribution is 7.99. The van der Waals surface area contributed by atoms with Gasteiger partial charge in [-0.25, -0.2) is 0 Å². The number of aliphatic hydroxyl groups is 1. The minimum atomic E-state index is -0.690. The number of thioether (sulfide) groups is 1. The van der Waals surface area contributed by atoms with E-state index in [4.69, 9.17) is 0 Å². The molecule has 1 aliphatic rings. The fourth-order valence-corrected chi connectivity index (χ4v) is 3.66. The Morgan fingerprint density at radius 1 is 1.40 bits per heavy atom. The Morgan fingerprint density at radius 2 is 2.15 bits per heavy atom. The van der Waals surface area contributed by atoms with Gasteiger partial charge in [0.15, 0.2) is 0 Å². The van der Waals surface area contributed by atoms with E-state index in [-0.39, 0.29) is 5.91 Å². The summed E-state index contributed by atoms with van der Waals surface area (Å²) in [6.45, 7) is 2.44. The van der Waals surface area contributed by atoms with E-state index in [1.807, 2.05) is 23.9 Å². The van der Waals surface area contributed by atoms with Crippen LogP contribution >= 0.6 is 11.8 Å². The summed E-state index contributed by atoms with van der Waals surface area (Å²) in [5.74, 6) is 1.99. The number of hydrogen-bond donors (Lipinski definition) is 2. The summed E-state index contributed by atoms with van der Waals surface area (Å²) in [5.41, 5.74) is 1.72. The van der Waals surface area contributed by atoms with E-state index in [9.17, 15) is 9.90 Å². The summed E-state index contributed by atoms with van der Waals surface area (Å²) in [6, 6.07) is 8.23. The van der Waals surface area contributed by atoms with Crippen LogP contribution in [0.5, 0.6) is 0 Å². The van der Waals surface area contributed by atoms with Crippen LogP contribution in [0.2, 0.25) is 0 Å². The molecule has 1 heterocycles. The summed E-state index contributed by atoms with van der Waals surface area (Å²) in [6.07, 6.45) is 2.78. The number of carbonyl (C=O) groups is 1. The zero-order valence-corrected chi connectivity index (χ0v) is 12.8. The SMILES string of the molecule is Cc1cccc(CCC(=O)NCC2(O)CCSCC2)c1. The van der Waals surface area contributed by atoms with Crippen molar-refractivity contribution < 1.29 is 9.90 Å². The monoisotopic (exact) mass is 293 g/mol. The molecular formula is C16H23NO2S. The van der Waals surface area contributed by atoms with E-state index in [0.717, 1.165) is 30.8 Å². The van der Waals surface area contributed by atoms with Gasteiger partial charge in [0, 0.05) is 13.0 Å². The smallest absolute Gasteiger partial charge is 0.220 e. The molecule has 0 unspecified atom stereocenters. The molecule has 1 amide bonds. The molecule has 20 heavy (non-hydrogen) atoms. The maximum absolute atomic E-state index is 11.9. The summed E-state index contributed by atoms with van der Waals surface area (Å²) >= 11 is 1.87. The van der Waals surface area contributed by atoms with Crippen LogP contribution in [0, 0.1) is 6.92 Å². The zero-order valence-electron chi connectivity index (χ0n) is 12.0. The quantitative estimate of drug-likeness (QED) is 0.876. The molecule has 0 radical (unpaired) electrons. The van der Waals surface area contributed by atoms with Crippen LogP contribution in [0.25, 0.3) is 0 Å². The van der Waals surface area contributed by atoms with E-state index in [0.29, 0.717) is 13.0 Å². The Kier molecular flexibility index (Phi) is 5.49. The number of benzene rings is 1. The molecule has 0 spiro atoms. The molecule has 1 aromatic carbocycles. The van der Waals surface area contributed by atoms with Gasteiger partial charge in [0.25, 0.3) is 0 Å². The van der Waals surface area contributed by atoms with Crippen LogP contribution in [0.4, 0.5) is 0 Å². The van der Waals surface area contributed by atoms with Gasteiger partial charge in [-0.3, -0.25) is 4.79 Å². The highest BCUT2D eigenvalue weighted by Crippen LogP contribution is 2.26. The molecule has 1 aromatic rings. The van der Waals surface area contributed by atoms with Crippen molar-refractivity contribution in [1.29, 1.82) is 0 Å². The number of hydrogen-bond acceptors (Lipinski definition) is 3. The molecule has 4 heteroatoms. The Labute approximate surface area is 125 Å². The first kappa shape index (κ1) is 15.4. The van der Waals surface area contributed by atoms with Gasteiger partial charge in [-0.15, -0.1) is 0 Å². The van der Waals surface area contributed by atoms with Crippen LogP contribution in [0.1, 0.15) is 30.4 Å². The van der Waals surface area contributed by atoms with E-state index < -0.39 is 5.60 Å². The second-order valence-corrected chi connectivity index (χ2v) is 6.83. The van der Waals surface area contributed by atoms with Crippen LogP contribution in [0.15, 0.2) is 24.3 Å². The second-order valence-electron chi connectivity index (χ2n) is 5.60. The van der Waals surface area contributed by atoms with Crippen molar-refractivity contribution in [3.63, 3.8) is 0 Å². The number of amides is 1. The van der Waals surface area contributed by atoms with Gasteiger partial charge in [-0.1, -0.05) is 29.8 Å². The molecule has 0 aromatic heterocycles. The number of carbonyl (C=O) groups excluding carboxylic acids is 1. The van der Waals surface area contributed by atoms with E-state index in [1.165, 1.54) is 11.1 Å². The molecule has 0 saturated carbocycles. The summed E-state index contributed by atoms with van der Waals surface area (Å²) < 4.78 is 0. The van der Waals surface area contributed by atoms with Crippen LogP contribution in [-0.4, -0.2) is 34.7 Å². The van der Waals surface area contributed by atoms with E-state index in [1.54, 1.807) is 0 Å². The van der Waals surface area contributed by atoms with Crippen molar-refractivity contribution in [2.75, 3.05) is 18.1 Å². The first-order valence-corrected chi connectivity index (χ1v) is 8.35. The van der Waals surface area contributed by atoms with E-state index >= 15 is 0 Å². The Balaban J connectivity index is 1.72. The maximum atomic E-state index is 11.9. The highest BCUT2D eigenvalue weighted by atomic mass is 32.2. The first-order valence-electron chi connectivity index (χ1n) is 7.20. The molecule has 1 saturated heterocycles. The van der Waals surface area contributed by atoms with Gasteiger partial charge >= 0.3 is 0 Å². The number of rotatable bonds is 5. The largest absolute Gasteiger partial charge is 0.388 e. The minimum absolute atomic E-state index is 0.0261. The van der Waals surface area contributed by atoms with E-state index in [2.05, 4.69) is 24.4 Å². The summed E-state index contributed by atoms with van der Waals surface area (Å²) in [4.78, 5) is 11.9. The lowest BCUT2D eigenvalue weighted by Gasteiger charge is -2.31. The predicted molar refractivity (Wildman–Crippen MR) is 84.0 cm³/mol. The second kappa shape index (κ2) is 7.14. The molecule has 2 N–H and O–H groups in total. The summed E-state index contributed by atoms with van der Waals surface area (Å²) in [5, 5.41) is 13.2. The molecule has 1 aliphatic heterocycles. The topological polar surface area (TPSA) is 49.3 Å². The summed E-state index contributed by atoms with van der Waals surface area (Å²) in [7, 11) is 0. The third-order valence-electron chi connectivity index (χ3n) is 3.76. The lowest BCUT2D eigenvalue weighted by Crippen LogP contribution is -2.45. The molecule has 110 valence electrons. The molecule has 0 aliphatic carbocycles. The fourth-order valence-electron chi connectivity index (χ4n) is 2.41. The average Bonchev–Trinajstić information content (AvgIpc) is 2.44. The standard InChI is InChI=1S/C16H23NO2S/c1-13-3-2-4-14(11-13)5-6-15(18)17-12-16(19)7-9-20-10-8-16/h2-4,11,19H,5-10,12H2,1H3,(H,17,18). The molecular weight excluding hydrogens is 270 g/mol. The fraction of sp³-hybridized carbons (Fsp3) is 0.562. The third-order valence-corrected chi connectivity index (χ3v) is 4.75. The minimum Gasteiger partial charge on any atom is -0.388 e. The van der Waals surface area contributed by atoms with Gasteiger partial charge < -0.3 is 10.4 Å². The first-order chi connectivity index (χ1) is 9.57. The van der Waals surface area contributed by atoms with Crippen LogP contribution in [0.3, 0.4) is 0 Å². The highest BCUT2D eigenvalue weighted by Gasteiger charge is 2.29. The van der Waals surface area contributed by atoms with Crippen molar-refractivity contribution in [3.8, 4) is 0 Å². The lowest BCUT2D eigenvalue weighted by atomic mass is 9.97. The third kappa shape index (κ3) is 4.84. The Hall–Kier alpha value is -1.00. The number of nitrogens with one attached hydrogen (secondary N) is 1. The Morgan fingerprint density at radius 3 is 2.85 bits per heavy atom. The molecule has 0 atom stereocenters. The van der Waals surface area contributed by atoms with Gasteiger partial charge in [0.1, 0.15) is 0 Å². The normalized spacial score (nSPS) is 17.7. The van der Waals surface area contributed by atoms with Gasteiger partial charge in [-0.2, -0.15) is 11.8 Å². The molecule has 1 fully saturated rings. The van der Waals surface area contributed by atoms with Gasteiger partial charge in [-0.05, 0) is 43.3 Å². The van der Waals surface area contributed by atoms with Crippen molar-refractivity contribution in [2.45, 2.75) is 38.2 Å². The van der Waals surface area contributed by atoms with Gasteiger partial charge in [0.05, 0.1) is 5.60 Å². The molecule has 0 bridgehead atoms. The zero-order chi connectivity index (χ0) is 14.4. The average molecular weight is 293 g/mol. The van der Waals surface area contributed by atoms with Crippen molar-refractivity contribution >= 4 is 17.7 Å². The van der Waals surface area contributed by atoms with Crippen molar-refractivity contribution in [1.82, 2.24) is 5.32 Å². The predicted octanol–water partition coefficient (Wildman–Crippen LogP) is 2.30. The Bertz CT molecular complexity index is 456. The van der Waals surface area contributed by atoms with Crippen molar-refractivity contribution in [3.05, 3.63) is 35.4 Å².